The Bertz CT molecular complexity index is 2020. The smallest absolute Gasteiger partial charge is 0.286 e. The van der Waals surface area contributed by atoms with Crippen molar-refractivity contribution in [2.75, 3.05) is 44.6 Å². The summed E-state index contributed by atoms with van der Waals surface area (Å²) >= 11 is 0. The van der Waals surface area contributed by atoms with Crippen molar-refractivity contribution in [1.29, 1.82) is 0 Å². The van der Waals surface area contributed by atoms with Gasteiger partial charge in [0.05, 0.1) is 31.3 Å². The number of hydrogen-bond acceptors (Lipinski definition) is 8. The van der Waals surface area contributed by atoms with Crippen LogP contribution in [-0.2, 0) is 33.5 Å². The number of allylic oxidation sites excluding steroid dienone is 1. The number of hydrogen-bond donors (Lipinski definition) is 1. The van der Waals surface area contributed by atoms with Gasteiger partial charge in [0.2, 0.25) is 5.88 Å². The molecule has 13 heteroatoms. The number of rotatable bonds is 4. The maximum atomic E-state index is 15.8. The van der Waals surface area contributed by atoms with Crippen LogP contribution in [0.2, 0.25) is 0 Å². The number of alkyl halides is 1. The van der Waals surface area contributed by atoms with Crippen molar-refractivity contribution in [3.05, 3.63) is 82.6 Å². The fraction of sp³-hybridized carbons (Fsp3) is 0.513. The quantitative estimate of drug-likeness (QED) is 0.337. The second-order valence-corrected chi connectivity index (χ2v) is 17.0. The van der Waals surface area contributed by atoms with E-state index in [1.165, 1.54) is 40.8 Å². The maximum absolute atomic E-state index is 15.8. The highest BCUT2D eigenvalue weighted by molar-refractivity contribution is 7.92. The molecule has 2 amide bonds. The molecule has 0 saturated heterocycles. The Kier molecular flexibility index (Phi) is 9.94. The van der Waals surface area contributed by atoms with Gasteiger partial charge in [0.1, 0.15) is 27.4 Å². The number of anilines is 1. The van der Waals surface area contributed by atoms with E-state index < -0.39 is 39.6 Å². The Morgan fingerprint density at radius 2 is 1.98 bits per heavy atom. The first-order chi connectivity index (χ1) is 24.9. The molecule has 3 heterocycles. The summed E-state index contributed by atoms with van der Waals surface area (Å²) in [5, 5.41) is 4.11. The van der Waals surface area contributed by atoms with Gasteiger partial charge in [-0.05, 0) is 80.2 Å². The van der Waals surface area contributed by atoms with Crippen LogP contribution in [-0.4, -0.2) is 77.7 Å². The lowest BCUT2D eigenvalue weighted by molar-refractivity contribution is 0.0128. The zero-order valence-electron chi connectivity index (χ0n) is 30.5. The second kappa shape index (κ2) is 14.3. The van der Waals surface area contributed by atoms with Crippen LogP contribution in [0.3, 0.4) is 0 Å². The number of aromatic nitrogens is 2. The van der Waals surface area contributed by atoms with Crippen LogP contribution < -0.4 is 19.1 Å². The minimum absolute atomic E-state index is 0.0102. The highest BCUT2D eigenvalue weighted by Crippen LogP contribution is 2.47. The van der Waals surface area contributed by atoms with Crippen molar-refractivity contribution >= 4 is 27.4 Å². The van der Waals surface area contributed by atoms with Crippen molar-refractivity contribution in [3.8, 4) is 11.6 Å². The molecule has 7 atom stereocenters. The topological polar surface area (TPSA) is 124 Å². The number of ether oxygens (including phenoxy) is 3. The van der Waals surface area contributed by atoms with E-state index in [1.807, 2.05) is 0 Å². The van der Waals surface area contributed by atoms with Crippen LogP contribution in [0.5, 0.6) is 11.6 Å². The summed E-state index contributed by atoms with van der Waals surface area (Å²) in [6.07, 6.45) is 7.76. The lowest BCUT2D eigenvalue weighted by atomic mass is 9.68. The SMILES string of the molecule is COc1nn(C)cc1C(=O)NS1(=O)=NC(=O)c2ccc3c(c2)N(C[C@@H]2CC[C@H]2[C@@H](OC)/C=C/[C@H](F)[C@H](C)C1)C[C@@]1(CCCc2cc(C)ccc21)CO3. The number of amides is 2. The van der Waals surface area contributed by atoms with E-state index in [0.29, 0.717) is 25.4 Å². The summed E-state index contributed by atoms with van der Waals surface area (Å²) in [6.45, 7) is 5.58. The zero-order chi connectivity index (χ0) is 36.8. The number of nitrogens with zero attached hydrogens (tertiary/aromatic N) is 4. The molecule has 2 aromatic carbocycles. The molecule has 7 rings (SSSR count). The molecule has 11 nitrogen and oxygen atoms in total. The summed E-state index contributed by atoms with van der Waals surface area (Å²) in [5.74, 6) is -1.75. The zero-order valence-corrected chi connectivity index (χ0v) is 31.3. The van der Waals surface area contributed by atoms with E-state index in [9.17, 15) is 13.8 Å². The molecule has 4 aliphatic rings. The van der Waals surface area contributed by atoms with Gasteiger partial charge in [-0.25, -0.2) is 8.60 Å². The van der Waals surface area contributed by atoms with Crippen LogP contribution in [0.1, 0.15) is 70.0 Å². The third-order valence-corrected chi connectivity index (χ3v) is 13.3. The van der Waals surface area contributed by atoms with Gasteiger partial charge < -0.3 is 19.1 Å². The van der Waals surface area contributed by atoms with E-state index in [0.717, 1.165) is 37.8 Å². The van der Waals surface area contributed by atoms with Gasteiger partial charge in [0.15, 0.2) is 0 Å². The predicted molar refractivity (Wildman–Crippen MR) is 197 cm³/mol. The Hall–Kier alpha value is -4.23. The fourth-order valence-electron chi connectivity index (χ4n) is 8.46. The Balaban J connectivity index is 1.32. The van der Waals surface area contributed by atoms with Crippen molar-refractivity contribution < 1.29 is 32.4 Å². The van der Waals surface area contributed by atoms with Crippen LogP contribution in [0.4, 0.5) is 10.1 Å². The summed E-state index contributed by atoms with van der Waals surface area (Å²) < 4.78 is 56.2. The molecular formula is C39H48FN5O6S. The number of benzene rings is 2. The molecule has 3 aromatic rings. The molecule has 2 aliphatic carbocycles. The third kappa shape index (κ3) is 6.96. The predicted octanol–water partition coefficient (Wildman–Crippen LogP) is 5.75. The van der Waals surface area contributed by atoms with Crippen LogP contribution in [0.15, 0.2) is 59.1 Å². The van der Waals surface area contributed by atoms with E-state index in [2.05, 4.69) is 44.2 Å². The van der Waals surface area contributed by atoms with Gasteiger partial charge in [-0.2, -0.15) is 0 Å². The van der Waals surface area contributed by atoms with Gasteiger partial charge in [0, 0.05) is 50.3 Å². The van der Waals surface area contributed by atoms with Crippen LogP contribution in [0, 0.1) is 24.7 Å². The monoisotopic (exact) mass is 733 g/mol. The van der Waals surface area contributed by atoms with Gasteiger partial charge in [-0.3, -0.25) is 19.0 Å². The van der Waals surface area contributed by atoms with E-state index in [1.54, 1.807) is 45.4 Å². The van der Waals surface area contributed by atoms with E-state index in [4.69, 9.17) is 14.2 Å². The van der Waals surface area contributed by atoms with Crippen molar-refractivity contribution in [2.24, 2.45) is 29.2 Å². The average molecular weight is 734 g/mol. The molecule has 1 fully saturated rings. The highest BCUT2D eigenvalue weighted by Gasteiger charge is 2.44. The minimum Gasteiger partial charge on any atom is -0.490 e. The summed E-state index contributed by atoms with van der Waals surface area (Å²) in [7, 11) is 0.769. The lowest BCUT2D eigenvalue weighted by Gasteiger charge is -2.46. The normalized spacial score (nSPS) is 30.8. The molecule has 278 valence electrons. The number of carbonyl (C=O) groups excluding carboxylic acids is 2. The molecule has 1 N–H and O–H groups in total. The first-order valence-electron chi connectivity index (χ1n) is 18.1. The largest absolute Gasteiger partial charge is 0.490 e. The van der Waals surface area contributed by atoms with Crippen LogP contribution >= 0.6 is 0 Å². The molecule has 0 radical (unpaired) electrons. The number of aryl methyl sites for hydroxylation is 3. The average Bonchev–Trinajstić information content (AvgIpc) is 3.42. The molecule has 1 aromatic heterocycles. The number of nitrogens with one attached hydrogen (secondary N) is 1. The second-order valence-electron chi connectivity index (χ2n) is 15.0. The summed E-state index contributed by atoms with van der Waals surface area (Å²) in [6, 6.07) is 11.9. The number of halogens is 1. The molecule has 1 saturated carbocycles. The Labute approximate surface area is 305 Å². The van der Waals surface area contributed by atoms with Gasteiger partial charge in [-0.15, -0.1) is 9.46 Å². The first kappa shape index (κ1) is 36.1. The standard InChI is InChI=1S/C39H48FN5O6S/c1-24-8-12-31-26(17-24)7-6-16-39(31)22-45-19-28-9-11-29(28)34(49-4)15-13-32(40)25(2)21-52(48,43-37(47)30-20-44(3)41-38(30)50-5)42-36(46)27-10-14-35(51-23-39)33(45)18-27/h8,10,12-15,17-18,20,25,28-29,32,34H,6-7,9,11,16,19,21-23H2,1-5H3,(H,42,43,46,47,48)/b15-13+/t25-,28+,29-,32+,34+,39+,52?/m1/s1. The summed E-state index contributed by atoms with van der Waals surface area (Å²) in [5.41, 5.74) is 4.61. The molecular weight excluding hydrogens is 686 g/mol. The molecule has 1 unspecified atom stereocenters. The van der Waals surface area contributed by atoms with Crippen molar-refractivity contribution in [3.63, 3.8) is 0 Å². The highest BCUT2D eigenvalue weighted by atomic mass is 32.2. The van der Waals surface area contributed by atoms with Crippen LogP contribution in [0.25, 0.3) is 0 Å². The van der Waals surface area contributed by atoms with Crippen molar-refractivity contribution in [2.45, 2.75) is 63.6 Å². The van der Waals surface area contributed by atoms with E-state index in [-0.39, 0.29) is 40.4 Å². The van der Waals surface area contributed by atoms with E-state index >= 15 is 4.39 Å². The third-order valence-electron chi connectivity index (χ3n) is 11.3. The first-order valence-corrected chi connectivity index (χ1v) is 19.7. The molecule has 1 spiro atoms. The number of carbonyl (C=O) groups is 2. The van der Waals surface area contributed by atoms with Gasteiger partial charge >= 0.3 is 0 Å². The fourth-order valence-corrected chi connectivity index (χ4v) is 10.3. The van der Waals surface area contributed by atoms with Gasteiger partial charge in [-0.1, -0.05) is 42.8 Å². The maximum Gasteiger partial charge on any atom is 0.286 e. The Morgan fingerprint density at radius 1 is 1.15 bits per heavy atom. The lowest BCUT2D eigenvalue weighted by Crippen LogP contribution is -2.49. The summed E-state index contributed by atoms with van der Waals surface area (Å²) in [4.78, 5) is 29.8. The molecule has 52 heavy (non-hydrogen) atoms. The number of methoxy groups -OCH3 is 2. The minimum atomic E-state index is -3.86. The molecule has 2 aliphatic heterocycles. The van der Waals surface area contributed by atoms with Gasteiger partial charge in [0.25, 0.3) is 11.8 Å². The Morgan fingerprint density at radius 3 is 2.73 bits per heavy atom. The van der Waals surface area contributed by atoms with Crippen molar-refractivity contribution in [1.82, 2.24) is 14.5 Å². The number of fused-ring (bicyclic) bond motifs is 4. The molecule has 2 bridgehead atoms.